The Morgan fingerprint density at radius 1 is 1.64 bits per heavy atom. The topological polar surface area (TPSA) is 46.2 Å². The van der Waals surface area contributed by atoms with E-state index in [2.05, 4.69) is 5.09 Å². The van der Waals surface area contributed by atoms with Crippen molar-refractivity contribution in [2.24, 2.45) is 5.92 Å². The Labute approximate surface area is 89.9 Å². The van der Waals surface area contributed by atoms with Gasteiger partial charge in [-0.25, -0.2) is 0 Å². The first-order valence-corrected chi connectivity index (χ1v) is 4.88. The van der Waals surface area contributed by atoms with Crippen molar-refractivity contribution in [3.8, 4) is 0 Å². The second kappa shape index (κ2) is 3.00. The fourth-order valence-corrected chi connectivity index (χ4v) is 2.26. The average molecular weight is 397 g/mol. The van der Waals surface area contributed by atoms with Crippen LogP contribution in [0, 0.1) is 37.0 Å². The molecule has 0 spiro atoms. The summed E-state index contributed by atoms with van der Waals surface area (Å²) >= 11 is 0. The summed E-state index contributed by atoms with van der Waals surface area (Å²) in [5.41, 5.74) is -0.0150. The molecule has 2 fully saturated rings. The molecule has 1 unspecified atom stereocenters. The molecule has 2 aliphatic rings. The van der Waals surface area contributed by atoms with Gasteiger partial charge in [0.1, 0.15) is 0 Å². The van der Waals surface area contributed by atoms with E-state index in [1.54, 1.807) is 0 Å². The van der Waals surface area contributed by atoms with Gasteiger partial charge >= 0.3 is 0 Å². The zero-order valence-corrected chi connectivity index (χ0v) is 11.5. The molecule has 0 saturated heterocycles. The third-order valence-electron chi connectivity index (χ3n) is 2.36. The quantitative estimate of drug-likeness (QED) is 0.716. The van der Waals surface area contributed by atoms with Gasteiger partial charge in [-0.2, -0.15) is 0 Å². The van der Waals surface area contributed by atoms with Crippen LogP contribution in [0.15, 0.2) is 0 Å². The van der Waals surface area contributed by atoms with Crippen molar-refractivity contribution >= 4 is 13.5 Å². The summed E-state index contributed by atoms with van der Waals surface area (Å²) < 4.78 is 10.9. The Kier molecular flexibility index (Phi) is 2.72. The number of fused-ring (bicyclic) bond motifs is 1. The van der Waals surface area contributed by atoms with Crippen molar-refractivity contribution < 1.29 is 40.5 Å². The summed E-state index contributed by atoms with van der Waals surface area (Å²) in [5, 5.41) is 2.90. The Morgan fingerprint density at radius 2 is 2.09 bits per heavy atom. The second-order valence-electron chi connectivity index (χ2n) is 3.27. The molecule has 0 radical (unpaired) electrons. The van der Waals surface area contributed by atoms with Gasteiger partial charge in [-0.3, -0.25) is 9.88 Å². The maximum absolute atomic E-state index is 10.9. The maximum atomic E-state index is 10.9. The molecule has 1 atom stereocenters. The van der Waals surface area contributed by atoms with E-state index < -0.39 is 7.95 Å². The molecule has 0 aliphatic heterocycles. The molecule has 5 heteroatoms. The summed E-state index contributed by atoms with van der Waals surface area (Å²) in [6, 6.07) is 0. The van der Waals surface area contributed by atoms with Crippen molar-refractivity contribution in [3.63, 3.8) is 0 Å². The zero-order valence-electron chi connectivity index (χ0n) is 6.31. The molecule has 0 bridgehead atoms. The van der Waals surface area contributed by atoms with Crippen molar-refractivity contribution in [1.29, 1.82) is 0 Å². The van der Waals surface area contributed by atoms with E-state index in [-0.39, 0.29) is 42.2 Å². The van der Waals surface area contributed by atoms with Crippen LogP contribution in [0.1, 0.15) is 19.8 Å². The Balaban J connectivity index is 0.000000605. The molecule has 1 N–H and O–H groups in total. The molecule has 2 rings (SSSR count). The summed E-state index contributed by atoms with van der Waals surface area (Å²) in [6.07, 6.45) is 2.27. The van der Waals surface area contributed by atoms with Crippen LogP contribution in [0.5, 0.6) is 0 Å². The average Bonchev–Trinajstić information content (AvgIpc) is 2.53. The summed E-state index contributed by atoms with van der Waals surface area (Å²) in [6.45, 7) is 1.38. The minimum absolute atomic E-state index is 0. The van der Waals surface area contributed by atoms with Crippen LogP contribution in [0.4, 0.5) is 0 Å². The first-order valence-electron chi connectivity index (χ1n) is 3.47. The molecule has 0 aromatic carbocycles. The van der Waals surface area contributed by atoms with Gasteiger partial charge in [-0.15, -0.1) is 0 Å². The predicted molar refractivity (Wildman–Crippen MR) is 38.3 cm³/mol. The van der Waals surface area contributed by atoms with Gasteiger partial charge in [0.05, 0.1) is 0 Å². The zero-order chi connectivity index (χ0) is 7.35. The summed E-state index contributed by atoms with van der Waals surface area (Å²) in [7, 11) is -2.10. The number of hydrogen-bond acceptors (Lipinski definition) is 2. The van der Waals surface area contributed by atoms with E-state index in [4.69, 9.17) is 0 Å². The van der Waals surface area contributed by atoms with E-state index in [9.17, 15) is 9.36 Å². The van der Waals surface area contributed by atoms with Crippen LogP contribution in [0.3, 0.4) is 0 Å². The van der Waals surface area contributed by atoms with Gasteiger partial charge < -0.3 is 4.57 Å². The van der Waals surface area contributed by atoms with E-state index in [1.807, 2.05) is 0 Å². The van der Waals surface area contributed by atoms with Crippen LogP contribution < -0.4 is 5.09 Å². The van der Waals surface area contributed by atoms with Gasteiger partial charge in [0.15, 0.2) is 13.5 Å². The smallest absolute Gasteiger partial charge is 0.199 e. The van der Waals surface area contributed by atoms with E-state index in [0.29, 0.717) is 0 Å². The summed E-state index contributed by atoms with van der Waals surface area (Å²) in [5.74, 6) is 0.751. The van der Waals surface area contributed by atoms with Crippen molar-refractivity contribution in [2.45, 2.75) is 25.3 Å². The fraction of sp³-hybridized carbons (Fsp3) is 0.833. The fourth-order valence-electron chi connectivity index (χ4n) is 1.22. The maximum Gasteiger partial charge on any atom is 0.199 e. The van der Waals surface area contributed by atoms with Gasteiger partial charge in [-0.1, -0.05) is 0 Å². The number of carbonyl (C=O) groups is 1. The largest absolute Gasteiger partial charge is 0.302 e. The van der Waals surface area contributed by atoms with Crippen molar-refractivity contribution in [3.05, 3.63) is 0 Å². The number of hydrogen-bond donors (Lipinski definition) is 1. The minimum atomic E-state index is -2.10. The van der Waals surface area contributed by atoms with Gasteiger partial charge in [0.25, 0.3) is 0 Å². The molecule has 2 aliphatic carbocycles. The van der Waals surface area contributed by atoms with Crippen LogP contribution in [-0.4, -0.2) is 11.1 Å². The molecular formula is C6H10NO2PU. The van der Waals surface area contributed by atoms with Gasteiger partial charge in [-0.05, 0) is 18.8 Å². The Bertz CT molecular complexity index is 225. The molecule has 0 aromatic rings. The molecule has 11 heavy (non-hydrogen) atoms. The first kappa shape index (κ1) is 10.00. The van der Waals surface area contributed by atoms with E-state index in [0.717, 1.165) is 18.8 Å². The van der Waals surface area contributed by atoms with Gasteiger partial charge in [0, 0.05) is 43.6 Å². The molecule has 0 heterocycles. The number of nitrogens with one attached hydrogen (secondary N) is 1. The predicted octanol–water partition coefficient (Wildman–Crippen LogP) is 0.760. The van der Waals surface area contributed by atoms with E-state index >= 15 is 0 Å². The monoisotopic (exact) mass is 397 g/mol. The minimum Gasteiger partial charge on any atom is -0.302 e. The first-order chi connectivity index (χ1) is 4.64. The molecule has 60 valence electrons. The normalized spacial score (nSPS) is 39.9. The summed E-state index contributed by atoms with van der Waals surface area (Å²) in [4.78, 5) is 10.5. The van der Waals surface area contributed by atoms with Crippen LogP contribution in [0.25, 0.3) is 0 Å². The molecular weight excluding hydrogens is 387 g/mol. The number of carbonyl (C=O) groups excluding carboxylic acids is 1. The standard InChI is InChI=1S/C6H10NO2P.U/c1-4(8)10(9)7-6-2-5(6)3-6;/h5,10H,2-3H2,1H3,(H,7,9);. The molecule has 0 amide bonds. The van der Waals surface area contributed by atoms with Crippen LogP contribution >= 0.6 is 7.95 Å². The van der Waals surface area contributed by atoms with Gasteiger partial charge in [0.2, 0.25) is 0 Å². The Hall–Kier alpha value is 0.912. The third-order valence-corrected chi connectivity index (χ3v) is 3.73. The molecule has 3 nitrogen and oxygen atoms in total. The second-order valence-corrected chi connectivity index (χ2v) is 4.88. The van der Waals surface area contributed by atoms with Crippen molar-refractivity contribution in [1.82, 2.24) is 5.09 Å². The van der Waals surface area contributed by atoms with Crippen LogP contribution in [0.2, 0.25) is 0 Å². The third kappa shape index (κ3) is 1.81. The van der Waals surface area contributed by atoms with E-state index in [1.165, 1.54) is 6.92 Å². The van der Waals surface area contributed by atoms with Crippen molar-refractivity contribution in [2.75, 3.05) is 0 Å². The SMILES string of the molecule is CC(=O)[PH](=O)NC12CC1C2.[U]. The van der Waals surface area contributed by atoms with Crippen LogP contribution in [-0.2, 0) is 9.36 Å². The molecule has 2 saturated carbocycles. The molecule has 0 aromatic heterocycles. The Morgan fingerprint density at radius 3 is 2.36 bits per heavy atom. The number of rotatable bonds is 3.